The second-order valence-corrected chi connectivity index (χ2v) is 8.21. The van der Waals surface area contributed by atoms with Gasteiger partial charge >= 0.3 is 0 Å². The monoisotopic (exact) mass is 433 g/mol. The molecular weight excluding hydrogens is 402 g/mol. The SMILES string of the molecule is COc1ccc(CNCc2cccc(Cl)c2)c(OCC(O)CN2CCN(C)CC2)c1. The van der Waals surface area contributed by atoms with Crippen LogP contribution in [0.5, 0.6) is 11.5 Å². The average molecular weight is 434 g/mol. The number of rotatable bonds is 10. The molecule has 0 aromatic heterocycles. The first kappa shape index (κ1) is 22.8. The summed E-state index contributed by atoms with van der Waals surface area (Å²) >= 11 is 6.06. The van der Waals surface area contributed by atoms with E-state index in [4.69, 9.17) is 21.1 Å². The van der Waals surface area contributed by atoms with Gasteiger partial charge in [0.05, 0.1) is 7.11 Å². The minimum Gasteiger partial charge on any atom is -0.497 e. The van der Waals surface area contributed by atoms with Crippen LogP contribution in [0, 0.1) is 0 Å². The molecule has 2 aromatic carbocycles. The molecule has 164 valence electrons. The zero-order valence-corrected chi connectivity index (χ0v) is 18.6. The predicted octanol–water partition coefficient (Wildman–Crippen LogP) is 2.63. The maximum absolute atomic E-state index is 10.5. The van der Waals surface area contributed by atoms with E-state index >= 15 is 0 Å². The van der Waals surface area contributed by atoms with E-state index in [1.165, 1.54) is 0 Å². The van der Waals surface area contributed by atoms with Gasteiger partial charge in [-0.05, 0) is 30.8 Å². The Balaban J connectivity index is 1.53. The van der Waals surface area contributed by atoms with Gasteiger partial charge in [0, 0.05) is 62.5 Å². The molecule has 1 saturated heterocycles. The van der Waals surface area contributed by atoms with E-state index in [2.05, 4.69) is 22.2 Å². The van der Waals surface area contributed by atoms with Gasteiger partial charge in [0.15, 0.2) is 0 Å². The maximum Gasteiger partial charge on any atom is 0.127 e. The van der Waals surface area contributed by atoms with Crippen molar-refractivity contribution >= 4 is 11.6 Å². The molecule has 7 heteroatoms. The molecule has 0 bridgehead atoms. The highest BCUT2D eigenvalue weighted by Gasteiger charge is 2.18. The second kappa shape index (κ2) is 11.5. The number of hydrogen-bond donors (Lipinski definition) is 2. The van der Waals surface area contributed by atoms with Crippen molar-refractivity contribution < 1.29 is 14.6 Å². The normalized spacial score (nSPS) is 16.4. The predicted molar refractivity (Wildman–Crippen MR) is 120 cm³/mol. The lowest BCUT2D eigenvalue weighted by atomic mass is 10.1. The molecule has 6 nitrogen and oxygen atoms in total. The van der Waals surface area contributed by atoms with Gasteiger partial charge in [-0.15, -0.1) is 0 Å². The van der Waals surface area contributed by atoms with Crippen LogP contribution in [0.2, 0.25) is 5.02 Å². The Kier molecular flexibility index (Phi) is 8.78. The number of piperazine rings is 1. The van der Waals surface area contributed by atoms with Crippen molar-refractivity contribution in [1.82, 2.24) is 15.1 Å². The van der Waals surface area contributed by atoms with Gasteiger partial charge in [-0.25, -0.2) is 0 Å². The fourth-order valence-corrected chi connectivity index (χ4v) is 3.71. The first-order valence-corrected chi connectivity index (χ1v) is 10.7. The first-order chi connectivity index (χ1) is 14.5. The molecule has 2 aromatic rings. The third-order valence-corrected chi connectivity index (χ3v) is 5.54. The minimum atomic E-state index is -0.535. The largest absolute Gasteiger partial charge is 0.497 e. The average Bonchev–Trinajstić information content (AvgIpc) is 2.74. The molecule has 3 rings (SSSR count). The van der Waals surface area contributed by atoms with Crippen LogP contribution < -0.4 is 14.8 Å². The van der Waals surface area contributed by atoms with E-state index in [1.807, 2.05) is 42.5 Å². The van der Waals surface area contributed by atoms with Crippen LogP contribution in [-0.4, -0.2) is 74.5 Å². The molecule has 1 atom stereocenters. The molecule has 1 aliphatic heterocycles. The number of likely N-dealkylation sites (N-methyl/N-ethyl adjacent to an activating group) is 1. The lowest BCUT2D eigenvalue weighted by Crippen LogP contribution is -2.47. The molecule has 1 fully saturated rings. The van der Waals surface area contributed by atoms with Crippen LogP contribution in [0.1, 0.15) is 11.1 Å². The van der Waals surface area contributed by atoms with Crippen molar-refractivity contribution in [1.29, 1.82) is 0 Å². The molecule has 0 radical (unpaired) electrons. The number of methoxy groups -OCH3 is 1. The number of aliphatic hydroxyl groups is 1. The van der Waals surface area contributed by atoms with Crippen molar-refractivity contribution in [3.63, 3.8) is 0 Å². The summed E-state index contributed by atoms with van der Waals surface area (Å²) in [5, 5.41) is 14.6. The van der Waals surface area contributed by atoms with E-state index in [9.17, 15) is 5.11 Å². The third kappa shape index (κ3) is 7.15. The number of aliphatic hydroxyl groups excluding tert-OH is 1. The lowest BCUT2D eigenvalue weighted by Gasteiger charge is -2.33. The molecule has 1 heterocycles. The molecule has 0 spiro atoms. The van der Waals surface area contributed by atoms with Gasteiger partial charge in [0.1, 0.15) is 24.2 Å². The van der Waals surface area contributed by atoms with Crippen molar-refractivity contribution in [3.8, 4) is 11.5 Å². The van der Waals surface area contributed by atoms with Crippen LogP contribution in [-0.2, 0) is 13.1 Å². The van der Waals surface area contributed by atoms with Gasteiger partial charge in [-0.1, -0.05) is 29.8 Å². The van der Waals surface area contributed by atoms with Crippen LogP contribution >= 0.6 is 11.6 Å². The standard InChI is InChI=1S/C23H32ClN3O3/c1-26-8-10-27(11-9-26)16-21(28)17-30-23-13-22(29-2)7-6-19(23)15-25-14-18-4-3-5-20(24)12-18/h3-7,12-13,21,25,28H,8-11,14-17H2,1-2H3. The Morgan fingerprint density at radius 3 is 2.63 bits per heavy atom. The number of nitrogens with one attached hydrogen (secondary N) is 1. The summed E-state index contributed by atoms with van der Waals surface area (Å²) in [7, 11) is 3.76. The Morgan fingerprint density at radius 1 is 1.10 bits per heavy atom. The van der Waals surface area contributed by atoms with Gasteiger partial charge in [0.25, 0.3) is 0 Å². The van der Waals surface area contributed by atoms with Gasteiger partial charge in [-0.3, -0.25) is 4.90 Å². The molecule has 30 heavy (non-hydrogen) atoms. The number of nitrogens with zero attached hydrogens (tertiary/aromatic N) is 2. The highest BCUT2D eigenvalue weighted by molar-refractivity contribution is 6.30. The van der Waals surface area contributed by atoms with E-state index in [1.54, 1.807) is 7.11 Å². The molecule has 1 aliphatic rings. The fourth-order valence-electron chi connectivity index (χ4n) is 3.50. The zero-order valence-electron chi connectivity index (χ0n) is 17.8. The number of ether oxygens (including phenoxy) is 2. The lowest BCUT2D eigenvalue weighted by molar-refractivity contribution is 0.0501. The Labute approximate surface area is 184 Å². The highest BCUT2D eigenvalue weighted by atomic mass is 35.5. The van der Waals surface area contributed by atoms with E-state index < -0.39 is 6.10 Å². The summed E-state index contributed by atoms with van der Waals surface area (Å²) in [5.41, 5.74) is 2.14. The van der Waals surface area contributed by atoms with Crippen LogP contribution in [0.25, 0.3) is 0 Å². The van der Waals surface area contributed by atoms with E-state index in [0.29, 0.717) is 19.6 Å². The van der Waals surface area contributed by atoms with Gasteiger partial charge in [0.2, 0.25) is 0 Å². The molecule has 0 amide bonds. The van der Waals surface area contributed by atoms with Crippen LogP contribution in [0.15, 0.2) is 42.5 Å². The summed E-state index contributed by atoms with van der Waals surface area (Å²) < 4.78 is 11.3. The molecule has 0 saturated carbocycles. The Hall–Kier alpha value is -1.83. The summed E-state index contributed by atoms with van der Waals surface area (Å²) in [6.45, 7) is 6.24. The maximum atomic E-state index is 10.5. The number of benzene rings is 2. The summed E-state index contributed by atoms with van der Waals surface area (Å²) in [6.07, 6.45) is -0.535. The van der Waals surface area contributed by atoms with Crippen LogP contribution in [0.4, 0.5) is 0 Å². The molecular formula is C23H32ClN3O3. The van der Waals surface area contributed by atoms with Crippen molar-refractivity contribution in [3.05, 3.63) is 58.6 Å². The topological polar surface area (TPSA) is 57.2 Å². The minimum absolute atomic E-state index is 0.251. The Bertz CT molecular complexity index is 797. The highest BCUT2D eigenvalue weighted by Crippen LogP contribution is 2.25. The quantitative estimate of drug-likeness (QED) is 0.600. The smallest absolute Gasteiger partial charge is 0.127 e. The van der Waals surface area contributed by atoms with Crippen LogP contribution in [0.3, 0.4) is 0 Å². The van der Waals surface area contributed by atoms with E-state index in [0.717, 1.165) is 53.8 Å². The number of hydrogen-bond acceptors (Lipinski definition) is 6. The number of β-amino-alcohol motifs (C(OH)–C–C–N with tert-alkyl or cyclic N) is 1. The molecule has 2 N–H and O–H groups in total. The van der Waals surface area contributed by atoms with Gasteiger partial charge in [-0.2, -0.15) is 0 Å². The van der Waals surface area contributed by atoms with Crippen molar-refractivity contribution in [2.45, 2.75) is 19.2 Å². The zero-order chi connectivity index (χ0) is 21.3. The summed E-state index contributed by atoms with van der Waals surface area (Å²) in [5.74, 6) is 1.46. The summed E-state index contributed by atoms with van der Waals surface area (Å²) in [6, 6.07) is 13.6. The van der Waals surface area contributed by atoms with E-state index in [-0.39, 0.29) is 6.61 Å². The fraction of sp³-hybridized carbons (Fsp3) is 0.478. The number of halogens is 1. The second-order valence-electron chi connectivity index (χ2n) is 7.78. The van der Waals surface area contributed by atoms with Crippen molar-refractivity contribution in [2.24, 2.45) is 0 Å². The van der Waals surface area contributed by atoms with Gasteiger partial charge < -0.3 is 24.8 Å². The molecule has 1 unspecified atom stereocenters. The third-order valence-electron chi connectivity index (χ3n) is 5.30. The Morgan fingerprint density at radius 2 is 1.90 bits per heavy atom. The molecule has 0 aliphatic carbocycles. The summed E-state index contributed by atoms with van der Waals surface area (Å²) in [4.78, 5) is 4.59. The van der Waals surface area contributed by atoms with Crippen molar-refractivity contribution in [2.75, 3.05) is 53.5 Å². The first-order valence-electron chi connectivity index (χ1n) is 10.4.